The molecule has 0 aromatic rings. The average Bonchev–Trinajstić information content (AvgIpc) is 2.21. The molecule has 4 N–H and O–H groups in total. The second kappa shape index (κ2) is 8.89. The summed E-state index contributed by atoms with van der Waals surface area (Å²) in [7, 11) is -5.30. The fourth-order valence-electron chi connectivity index (χ4n) is 0.776. The van der Waals surface area contributed by atoms with Crippen molar-refractivity contribution in [1.82, 2.24) is 0 Å². The Morgan fingerprint density at radius 1 is 1.18 bits per heavy atom. The van der Waals surface area contributed by atoms with Gasteiger partial charge in [0.25, 0.3) is 0 Å². The number of hydrogen-bond acceptors (Lipinski definition) is 9. The van der Waals surface area contributed by atoms with Crippen LogP contribution in [0.25, 0.3) is 0 Å². The van der Waals surface area contributed by atoms with Gasteiger partial charge in [0.1, 0.15) is 24.4 Å². The minimum absolute atomic E-state index is 0. The maximum absolute atomic E-state index is 10.0. The van der Waals surface area contributed by atoms with Gasteiger partial charge in [-0.2, -0.15) is 0 Å². The smallest absolute Gasteiger partial charge is 0.790 e. The summed E-state index contributed by atoms with van der Waals surface area (Å²) in [6, 6.07) is 0. The maximum atomic E-state index is 10.0. The molecule has 4 atom stereocenters. The molecule has 0 aliphatic heterocycles. The summed E-state index contributed by atoms with van der Waals surface area (Å²) in [5, 5.41) is 35.9. The van der Waals surface area contributed by atoms with Gasteiger partial charge >= 0.3 is 37.7 Å². The van der Waals surface area contributed by atoms with Crippen molar-refractivity contribution in [2.75, 3.05) is 6.61 Å². The number of phosphoric acid groups is 1. The summed E-state index contributed by atoms with van der Waals surface area (Å²) in [5.74, 6) is 0. The van der Waals surface area contributed by atoms with Crippen molar-refractivity contribution in [3.8, 4) is 0 Å². The van der Waals surface area contributed by atoms with Gasteiger partial charge in [0, 0.05) is 0 Å². The molecule has 0 aliphatic carbocycles. The van der Waals surface area contributed by atoms with Gasteiger partial charge in [0.05, 0.1) is 14.4 Å². The van der Waals surface area contributed by atoms with Crippen LogP contribution in [0.2, 0.25) is 0 Å². The molecule has 0 unspecified atom stereocenters. The summed E-state index contributed by atoms with van der Waals surface area (Å²) < 4.78 is 13.6. The quantitative estimate of drug-likeness (QED) is 0.204. The largest absolute Gasteiger partial charge is 2.00 e. The summed E-state index contributed by atoms with van der Waals surface area (Å²) in [6.07, 6.45) is -8.04. The average molecular weight is 298 g/mol. The fraction of sp³-hybridized carbons (Fsp3) is 0.833. The van der Waals surface area contributed by atoms with Gasteiger partial charge in [0.2, 0.25) is 0 Å². The molecule has 96 valence electrons. The number of phosphoric ester groups is 1. The number of aldehydes is 1. The van der Waals surface area contributed by atoms with Gasteiger partial charge < -0.3 is 44.1 Å². The Morgan fingerprint density at radius 2 is 1.65 bits per heavy atom. The molecule has 17 heavy (non-hydrogen) atoms. The molecule has 9 nitrogen and oxygen atoms in total. The SMILES string of the molecule is O=C[C@H](O)[C@@H](O)[C@H](O)[C@H](O)COP(=O)([O-])[O-].[Ca+2]. The predicted octanol–water partition coefficient (Wildman–Crippen LogP) is -4.91. The molecular formula is C6H11CaO9P. The standard InChI is InChI=1S/C6H13O9P.Ca/c7-1-3(8)5(10)6(11)4(9)2-15-16(12,13)14;/h1,3-6,8-11H,2H2,(H2,12,13,14);/q;+2/p-2/t3-,4+,5+,6+;/m0./s1. The second-order valence-electron chi connectivity index (χ2n) is 2.92. The van der Waals surface area contributed by atoms with Gasteiger partial charge in [0.15, 0.2) is 6.29 Å². The monoisotopic (exact) mass is 298 g/mol. The number of carbonyl (C=O) groups excluding carboxylic acids is 1. The Kier molecular flexibility index (Phi) is 10.6. The van der Waals surface area contributed by atoms with Crippen molar-refractivity contribution in [2.45, 2.75) is 24.4 Å². The molecule has 0 heterocycles. The van der Waals surface area contributed by atoms with Crippen molar-refractivity contribution in [3.63, 3.8) is 0 Å². The molecule has 0 spiro atoms. The first-order valence-electron chi connectivity index (χ1n) is 4.03. The zero-order valence-electron chi connectivity index (χ0n) is 8.58. The third-order valence-corrected chi connectivity index (χ3v) is 2.10. The van der Waals surface area contributed by atoms with E-state index in [1.165, 1.54) is 0 Å². The third-order valence-electron chi connectivity index (χ3n) is 1.64. The topological polar surface area (TPSA) is 170 Å². The van der Waals surface area contributed by atoms with Crippen LogP contribution >= 0.6 is 7.82 Å². The molecule has 0 bridgehead atoms. The number of rotatable bonds is 7. The summed E-state index contributed by atoms with van der Waals surface area (Å²) in [4.78, 5) is 30.0. The van der Waals surface area contributed by atoms with Crippen LogP contribution < -0.4 is 9.79 Å². The summed E-state index contributed by atoms with van der Waals surface area (Å²) >= 11 is 0. The predicted molar refractivity (Wildman–Crippen MR) is 49.4 cm³/mol. The molecule has 0 aromatic carbocycles. The Hall–Kier alpha value is 0.880. The Morgan fingerprint density at radius 3 is 2.00 bits per heavy atom. The van der Waals surface area contributed by atoms with E-state index in [9.17, 15) is 19.1 Å². The van der Waals surface area contributed by atoms with E-state index in [0.717, 1.165) is 0 Å². The van der Waals surface area contributed by atoms with Gasteiger partial charge in [-0.25, -0.2) is 0 Å². The van der Waals surface area contributed by atoms with Crippen molar-refractivity contribution in [2.24, 2.45) is 0 Å². The fourth-order valence-corrected chi connectivity index (χ4v) is 1.11. The Balaban J connectivity index is 0. The van der Waals surface area contributed by atoms with E-state index in [1.54, 1.807) is 0 Å². The minimum atomic E-state index is -5.30. The first kappa shape index (κ1) is 20.2. The maximum Gasteiger partial charge on any atom is 2.00 e. The molecule has 11 heteroatoms. The molecule has 0 amide bonds. The van der Waals surface area contributed by atoms with Crippen molar-refractivity contribution < 1.29 is 44.1 Å². The molecule has 0 radical (unpaired) electrons. The van der Waals surface area contributed by atoms with E-state index in [1.807, 2.05) is 0 Å². The van der Waals surface area contributed by atoms with E-state index in [0.29, 0.717) is 0 Å². The van der Waals surface area contributed by atoms with Crippen molar-refractivity contribution >= 4 is 51.8 Å². The molecule has 0 saturated carbocycles. The first-order valence-corrected chi connectivity index (χ1v) is 5.49. The van der Waals surface area contributed by atoms with Gasteiger partial charge in [-0.1, -0.05) is 0 Å². The molecular weight excluding hydrogens is 287 g/mol. The van der Waals surface area contributed by atoms with E-state index in [2.05, 4.69) is 4.52 Å². The first-order chi connectivity index (χ1) is 7.19. The number of carbonyl (C=O) groups is 1. The molecule has 0 saturated heterocycles. The Bertz CT molecular complexity index is 268. The number of aliphatic hydroxyl groups excluding tert-OH is 4. The molecule has 0 rings (SSSR count). The normalized spacial score (nSPS) is 18.7. The van der Waals surface area contributed by atoms with Crippen molar-refractivity contribution in [1.29, 1.82) is 0 Å². The summed E-state index contributed by atoms with van der Waals surface area (Å²) in [6.45, 7) is -1.09. The van der Waals surface area contributed by atoms with Gasteiger partial charge in [-0.15, -0.1) is 0 Å². The van der Waals surface area contributed by atoms with Crippen LogP contribution in [0, 0.1) is 0 Å². The third kappa shape index (κ3) is 8.57. The summed E-state index contributed by atoms with van der Waals surface area (Å²) in [5.41, 5.74) is 0. The zero-order chi connectivity index (χ0) is 12.9. The number of aliphatic hydroxyl groups is 4. The van der Waals surface area contributed by atoms with E-state index in [4.69, 9.17) is 20.4 Å². The van der Waals surface area contributed by atoms with E-state index >= 15 is 0 Å². The Labute approximate surface area is 126 Å². The van der Waals surface area contributed by atoms with Crippen LogP contribution in [-0.4, -0.2) is 95.5 Å². The second-order valence-corrected chi connectivity index (χ2v) is 4.07. The van der Waals surface area contributed by atoms with Gasteiger partial charge in [-0.3, -0.25) is 0 Å². The van der Waals surface area contributed by atoms with Crippen LogP contribution in [0.1, 0.15) is 0 Å². The van der Waals surface area contributed by atoms with Crippen LogP contribution in [-0.2, 0) is 13.9 Å². The van der Waals surface area contributed by atoms with Crippen LogP contribution in [0.15, 0.2) is 0 Å². The van der Waals surface area contributed by atoms with E-state index in [-0.39, 0.29) is 44.0 Å². The van der Waals surface area contributed by atoms with Crippen LogP contribution in [0.4, 0.5) is 0 Å². The molecule has 0 aromatic heterocycles. The zero-order valence-corrected chi connectivity index (χ0v) is 11.7. The van der Waals surface area contributed by atoms with Crippen LogP contribution in [0.3, 0.4) is 0 Å². The molecule has 0 aliphatic rings. The van der Waals surface area contributed by atoms with E-state index < -0.39 is 38.8 Å². The molecule has 0 fully saturated rings. The van der Waals surface area contributed by atoms with Crippen molar-refractivity contribution in [3.05, 3.63) is 0 Å². The minimum Gasteiger partial charge on any atom is -0.790 e. The number of hydrogen-bond donors (Lipinski definition) is 4. The van der Waals surface area contributed by atoms with Crippen LogP contribution in [0.5, 0.6) is 0 Å². The van der Waals surface area contributed by atoms with Gasteiger partial charge in [-0.05, 0) is 0 Å².